The van der Waals surface area contributed by atoms with Crippen LogP contribution in [0, 0.1) is 0 Å². The minimum atomic E-state index is 0.169. The Morgan fingerprint density at radius 1 is 0.943 bits per heavy atom. The lowest BCUT2D eigenvalue weighted by molar-refractivity contribution is 0.0880. The van der Waals surface area contributed by atoms with Crippen LogP contribution >= 0.6 is 0 Å². The number of anilines is 1. The first-order chi connectivity index (χ1) is 16.8. The Balaban J connectivity index is 1.45. The summed E-state index contributed by atoms with van der Waals surface area (Å²) in [5.74, 6) is 2.50. The number of methoxy groups -OCH3 is 1. The molecule has 5 rings (SSSR count). The van der Waals surface area contributed by atoms with E-state index in [-0.39, 0.29) is 11.6 Å². The van der Waals surface area contributed by atoms with Crippen molar-refractivity contribution in [2.45, 2.75) is 45.2 Å². The molecule has 8 heteroatoms. The molecule has 1 saturated heterocycles. The van der Waals surface area contributed by atoms with Crippen LogP contribution in [-0.2, 0) is 0 Å². The molecule has 35 heavy (non-hydrogen) atoms. The third-order valence-corrected chi connectivity index (χ3v) is 6.70. The van der Waals surface area contributed by atoms with Gasteiger partial charge in [-0.15, -0.1) is 0 Å². The molecule has 0 atom stereocenters. The average molecular weight is 473 g/mol. The summed E-state index contributed by atoms with van der Waals surface area (Å²) in [7, 11) is 1.63. The van der Waals surface area contributed by atoms with Crippen LogP contribution in [0.1, 0.15) is 39.7 Å². The second-order valence-corrected chi connectivity index (χ2v) is 9.92. The van der Waals surface area contributed by atoms with Gasteiger partial charge in [-0.3, -0.25) is 4.90 Å². The van der Waals surface area contributed by atoms with E-state index in [9.17, 15) is 0 Å². The number of rotatable bonds is 5. The largest absolute Gasteiger partial charge is 0.493 e. The van der Waals surface area contributed by atoms with E-state index in [2.05, 4.69) is 40.3 Å². The van der Waals surface area contributed by atoms with Crippen LogP contribution in [-0.4, -0.2) is 50.4 Å². The molecule has 2 aromatic carbocycles. The van der Waals surface area contributed by atoms with Crippen LogP contribution in [0.4, 0.5) is 5.82 Å². The predicted octanol–water partition coefficient (Wildman–Crippen LogP) is 5.31. The van der Waals surface area contributed by atoms with E-state index in [4.69, 9.17) is 20.3 Å². The zero-order valence-corrected chi connectivity index (χ0v) is 20.7. The van der Waals surface area contributed by atoms with Gasteiger partial charge in [0.15, 0.2) is 17.1 Å². The Bertz CT molecular complexity index is 1320. The predicted molar refractivity (Wildman–Crippen MR) is 138 cm³/mol. The van der Waals surface area contributed by atoms with Crippen LogP contribution in [0.5, 0.6) is 17.2 Å². The van der Waals surface area contributed by atoms with Gasteiger partial charge in [-0.25, -0.2) is 14.6 Å². The minimum absolute atomic E-state index is 0.169. The quantitative estimate of drug-likeness (QED) is 0.421. The SMILES string of the molecule is COc1ccccc1Oc1ccc(-c2nn(C3CCN(C(C)(C)C)CC3)c3ncnc(N)c23)cc1. The topological polar surface area (TPSA) is 91.3 Å². The molecule has 182 valence electrons. The van der Waals surface area contributed by atoms with E-state index in [1.165, 1.54) is 6.33 Å². The highest BCUT2D eigenvalue weighted by Gasteiger charge is 2.30. The molecule has 0 unspecified atom stereocenters. The number of ether oxygens (including phenoxy) is 2. The molecule has 0 bridgehead atoms. The molecule has 3 heterocycles. The maximum atomic E-state index is 6.33. The summed E-state index contributed by atoms with van der Waals surface area (Å²) in [5, 5.41) is 5.82. The van der Waals surface area contributed by atoms with Crippen molar-refractivity contribution in [2.24, 2.45) is 0 Å². The third-order valence-electron chi connectivity index (χ3n) is 6.70. The lowest BCUT2D eigenvalue weighted by Crippen LogP contribution is -2.46. The van der Waals surface area contributed by atoms with Gasteiger partial charge < -0.3 is 15.2 Å². The molecule has 4 aromatic rings. The van der Waals surface area contributed by atoms with Crippen LogP contribution in [0.25, 0.3) is 22.3 Å². The molecule has 0 aliphatic carbocycles. The van der Waals surface area contributed by atoms with Crippen molar-refractivity contribution in [1.82, 2.24) is 24.6 Å². The number of likely N-dealkylation sites (tertiary alicyclic amines) is 1. The van der Waals surface area contributed by atoms with Crippen molar-refractivity contribution >= 4 is 16.9 Å². The monoisotopic (exact) mass is 472 g/mol. The number of nitrogen functional groups attached to an aromatic ring is 1. The fourth-order valence-corrected chi connectivity index (χ4v) is 4.74. The number of para-hydroxylation sites is 2. The molecule has 1 aliphatic rings. The van der Waals surface area contributed by atoms with Crippen molar-refractivity contribution < 1.29 is 9.47 Å². The number of hydrogen-bond donors (Lipinski definition) is 1. The number of benzene rings is 2. The van der Waals surface area contributed by atoms with Gasteiger partial charge in [-0.1, -0.05) is 12.1 Å². The molecule has 1 aliphatic heterocycles. The molecule has 0 spiro atoms. The molecule has 0 amide bonds. The fourth-order valence-electron chi connectivity index (χ4n) is 4.74. The van der Waals surface area contributed by atoms with Crippen LogP contribution in [0.3, 0.4) is 0 Å². The lowest BCUT2D eigenvalue weighted by Gasteiger charge is -2.40. The van der Waals surface area contributed by atoms with Gasteiger partial charge in [0, 0.05) is 24.2 Å². The van der Waals surface area contributed by atoms with Gasteiger partial charge in [0.05, 0.1) is 18.5 Å². The molecular formula is C27H32N6O2. The highest BCUT2D eigenvalue weighted by atomic mass is 16.5. The summed E-state index contributed by atoms with van der Waals surface area (Å²) in [6.07, 6.45) is 3.56. The summed E-state index contributed by atoms with van der Waals surface area (Å²) < 4.78 is 13.5. The summed E-state index contributed by atoms with van der Waals surface area (Å²) in [6.45, 7) is 8.86. The maximum absolute atomic E-state index is 6.33. The smallest absolute Gasteiger partial charge is 0.169 e. The lowest BCUT2D eigenvalue weighted by atomic mass is 9.98. The maximum Gasteiger partial charge on any atom is 0.169 e. The second-order valence-electron chi connectivity index (χ2n) is 9.92. The van der Waals surface area contributed by atoms with Gasteiger partial charge in [0.2, 0.25) is 0 Å². The second kappa shape index (κ2) is 9.19. The van der Waals surface area contributed by atoms with Crippen LogP contribution in [0.2, 0.25) is 0 Å². The Morgan fingerprint density at radius 2 is 1.63 bits per heavy atom. The van der Waals surface area contributed by atoms with E-state index in [0.29, 0.717) is 23.1 Å². The highest BCUT2D eigenvalue weighted by Crippen LogP contribution is 2.36. The van der Waals surface area contributed by atoms with Crippen molar-refractivity contribution in [3.8, 4) is 28.5 Å². The number of nitrogens with two attached hydrogens (primary N) is 1. The molecule has 1 fully saturated rings. The van der Waals surface area contributed by atoms with Crippen molar-refractivity contribution in [2.75, 3.05) is 25.9 Å². The summed E-state index contributed by atoms with van der Waals surface area (Å²) in [6, 6.07) is 15.7. The molecule has 0 saturated carbocycles. The van der Waals surface area contributed by atoms with Crippen LogP contribution in [0.15, 0.2) is 54.9 Å². The van der Waals surface area contributed by atoms with Gasteiger partial charge in [-0.2, -0.15) is 5.10 Å². The number of nitrogens with zero attached hydrogens (tertiary/aromatic N) is 5. The summed E-state index contributed by atoms with van der Waals surface area (Å²) in [5.41, 5.74) is 9.02. The number of hydrogen-bond acceptors (Lipinski definition) is 7. The van der Waals surface area contributed by atoms with Gasteiger partial charge in [0.25, 0.3) is 0 Å². The standard InChI is InChI=1S/C27H32N6O2/c1-27(2,3)32-15-13-19(14-16-32)33-26-23(25(28)29-17-30-26)24(31-33)18-9-11-20(12-10-18)35-22-8-6-5-7-21(22)34-4/h5-12,17,19H,13-16H2,1-4H3,(H2,28,29,30). The van der Waals surface area contributed by atoms with Crippen molar-refractivity contribution in [3.05, 3.63) is 54.9 Å². The van der Waals surface area contributed by atoms with Gasteiger partial charge in [0.1, 0.15) is 23.6 Å². The Hall–Kier alpha value is -3.65. The normalized spacial score (nSPS) is 15.4. The van der Waals surface area contributed by atoms with E-state index in [0.717, 1.165) is 48.2 Å². The first-order valence-electron chi connectivity index (χ1n) is 12.0. The zero-order valence-electron chi connectivity index (χ0n) is 20.7. The number of aromatic nitrogens is 4. The van der Waals surface area contributed by atoms with Crippen molar-refractivity contribution in [1.29, 1.82) is 0 Å². The molecular weight excluding hydrogens is 440 g/mol. The van der Waals surface area contributed by atoms with Gasteiger partial charge >= 0.3 is 0 Å². The fraction of sp³-hybridized carbons (Fsp3) is 0.370. The van der Waals surface area contributed by atoms with E-state index < -0.39 is 0 Å². The molecule has 8 nitrogen and oxygen atoms in total. The third kappa shape index (κ3) is 4.53. The Morgan fingerprint density at radius 3 is 2.29 bits per heavy atom. The first kappa shape index (κ1) is 23.1. The minimum Gasteiger partial charge on any atom is -0.493 e. The summed E-state index contributed by atoms with van der Waals surface area (Å²) in [4.78, 5) is 11.4. The Labute approximate surface area is 205 Å². The van der Waals surface area contributed by atoms with E-state index >= 15 is 0 Å². The molecule has 0 radical (unpaired) electrons. The molecule has 2 N–H and O–H groups in total. The first-order valence-corrected chi connectivity index (χ1v) is 12.0. The summed E-state index contributed by atoms with van der Waals surface area (Å²) >= 11 is 0. The van der Waals surface area contributed by atoms with Crippen LogP contribution < -0.4 is 15.2 Å². The number of piperidine rings is 1. The van der Waals surface area contributed by atoms with Gasteiger partial charge in [-0.05, 0) is 70.0 Å². The average Bonchev–Trinajstić information content (AvgIpc) is 3.25. The zero-order chi connectivity index (χ0) is 24.6. The van der Waals surface area contributed by atoms with E-state index in [1.807, 2.05) is 48.5 Å². The Kier molecular flexibility index (Phi) is 6.06. The highest BCUT2D eigenvalue weighted by molar-refractivity contribution is 5.98. The van der Waals surface area contributed by atoms with E-state index in [1.54, 1.807) is 7.11 Å². The molecule has 2 aromatic heterocycles. The number of fused-ring (bicyclic) bond motifs is 1. The van der Waals surface area contributed by atoms with Crippen molar-refractivity contribution in [3.63, 3.8) is 0 Å².